The van der Waals surface area contributed by atoms with Crippen LogP contribution in [0.25, 0.3) is 0 Å². The molecule has 0 radical (unpaired) electrons. The summed E-state index contributed by atoms with van der Waals surface area (Å²) in [5, 5.41) is 3.46. The Morgan fingerprint density at radius 3 is 2.21 bits per heavy atom. The van der Waals surface area contributed by atoms with Crippen molar-refractivity contribution >= 4 is 5.69 Å². The van der Waals surface area contributed by atoms with Crippen LogP contribution in [0.5, 0.6) is 0 Å². The number of rotatable bonds is 9. The van der Waals surface area contributed by atoms with Crippen LogP contribution in [0.4, 0.5) is 5.69 Å². The van der Waals surface area contributed by atoms with Crippen LogP contribution < -0.4 is 10.2 Å². The van der Waals surface area contributed by atoms with Crippen LogP contribution in [0.2, 0.25) is 0 Å². The molecule has 0 bridgehead atoms. The van der Waals surface area contributed by atoms with Crippen molar-refractivity contribution in [3.63, 3.8) is 0 Å². The first kappa shape index (κ1) is 16.0. The van der Waals surface area contributed by atoms with Gasteiger partial charge in [-0.3, -0.25) is 0 Å². The molecule has 0 heterocycles. The van der Waals surface area contributed by atoms with E-state index in [4.69, 9.17) is 0 Å². The number of anilines is 1. The highest BCUT2D eigenvalue weighted by Gasteiger charge is 2.08. The van der Waals surface area contributed by atoms with E-state index in [1.54, 1.807) is 0 Å². The smallest absolute Gasteiger partial charge is 0.0396 e. The maximum atomic E-state index is 3.46. The summed E-state index contributed by atoms with van der Waals surface area (Å²) in [5.74, 6) is 0. The van der Waals surface area contributed by atoms with E-state index in [0.29, 0.717) is 0 Å². The van der Waals surface area contributed by atoms with Crippen molar-refractivity contribution in [2.24, 2.45) is 0 Å². The van der Waals surface area contributed by atoms with Gasteiger partial charge in [0.2, 0.25) is 0 Å². The van der Waals surface area contributed by atoms with Crippen molar-refractivity contribution in [1.82, 2.24) is 5.32 Å². The van der Waals surface area contributed by atoms with E-state index in [2.05, 4.69) is 56.1 Å². The lowest BCUT2D eigenvalue weighted by atomic mass is 10.1. The third kappa shape index (κ3) is 5.23. The molecule has 1 aromatic rings. The fraction of sp³-hybridized carbons (Fsp3) is 0.647. The largest absolute Gasteiger partial charge is 0.371 e. The zero-order valence-corrected chi connectivity index (χ0v) is 13.1. The first-order valence-electron chi connectivity index (χ1n) is 7.78. The van der Waals surface area contributed by atoms with Crippen molar-refractivity contribution in [3.05, 3.63) is 29.3 Å². The van der Waals surface area contributed by atoms with Crippen molar-refractivity contribution in [1.29, 1.82) is 0 Å². The van der Waals surface area contributed by atoms with Gasteiger partial charge in [0.25, 0.3) is 0 Å². The summed E-state index contributed by atoms with van der Waals surface area (Å²) in [7, 11) is 0. The van der Waals surface area contributed by atoms with E-state index in [1.807, 2.05) is 0 Å². The normalized spacial score (nSPS) is 10.7. The molecule has 0 aliphatic carbocycles. The molecular formula is C17H30N2. The fourth-order valence-corrected chi connectivity index (χ4v) is 2.48. The number of nitrogens with one attached hydrogen (secondary N) is 1. The molecule has 1 N–H and O–H groups in total. The molecule has 0 aliphatic rings. The summed E-state index contributed by atoms with van der Waals surface area (Å²) < 4.78 is 0. The lowest BCUT2D eigenvalue weighted by Crippen LogP contribution is -2.25. The molecule has 2 heteroatoms. The second-order valence-corrected chi connectivity index (χ2v) is 5.28. The number of hydrogen-bond acceptors (Lipinski definition) is 2. The van der Waals surface area contributed by atoms with Crippen LogP contribution in [0.1, 0.15) is 51.2 Å². The van der Waals surface area contributed by atoms with E-state index >= 15 is 0 Å². The molecule has 0 atom stereocenters. The van der Waals surface area contributed by atoms with Crippen molar-refractivity contribution < 1.29 is 0 Å². The topological polar surface area (TPSA) is 15.3 Å². The van der Waals surface area contributed by atoms with Gasteiger partial charge >= 0.3 is 0 Å². The molecular weight excluding hydrogens is 232 g/mol. The number of nitrogens with zero attached hydrogens (tertiary/aromatic N) is 1. The predicted molar refractivity (Wildman–Crippen MR) is 86.0 cm³/mol. The number of aryl methyl sites for hydroxylation is 1. The quantitative estimate of drug-likeness (QED) is 0.673. The van der Waals surface area contributed by atoms with Gasteiger partial charge in [-0.25, -0.2) is 0 Å². The highest BCUT2D eigenvalue weighted by atomic mass is 15.1. The standard InChI is InChI=1S/C17H30N2/c1-5-10-18-14-16-8-9-17(15(4)13-16)19(11-6-2)12-7-3/h8-9,13,18H,5-7,10-12,14H2,1-4H3. The second-order valence-electron chi connectivity index (χ2n) is 5.28. The highest BCUT2D eigenvalue weighted by molar-refractivity contribution is 5.54. The lowest BCUT2D eigenvalue weighted by Gasteiger charge is -2.26. The molecule has 19 heavy (non-hydrogen) atoms. The Kier molecular flexibility index (Phi) is 7.57. The average Bonchev–Trinajstić information content (AvgIpc) is 2.39. The molecule has 0 aliphatic heterocycles. The minimum atomic E-state index is 0.983. The molecule has 1 rings (SSSR count). The van der Waals surface area contributed by atoms with Gasteiger partial charge in [-0.05, 0) is 49.9 Å². The van der Waals surface area contributed by atoms with Crippen LogP contribution >= 0.6 is 0 Å². The van der Waals surface area contributed by atoms with Gasteiger partial charge in [-0.1, -0.05) is 32.9 Å². The molecule has 1 aromatic carbocycles. The molecule has 0 saturated heterocycles. The summed E-state index contributed by atoms with van der Waals surface area (Å²) in [6.07, 6.45) is 3.61. The Balaban J connectivity index is 2.73. The van der Waals surface area contributed by atoms with E-state index in [1.165, 1.54) is 36.1 Å². The van der Waals surface area contributed by atoms with Crippen LogP contribution in [0.15, 0.2) is 18.2 Å². The Morgan fingerprint density at radius 2 is 1.68 bits per heavy atom. The zero-order chi connectivity index (χ0) is 14.1. The van der Waals surface area contributed by atoms with Gasteiger partial charge in [0.05, 0.1) is 0 Å². The van der Waals surface area contributed by atoms with Crippen molar-refractivity contribution in [2.45, 2.75) is 53.5 Å². The average molecular weight is 262 g/mol. The van der Waals surface area contributed by atoms with Crippen LogP contribution in [0.3, 0.4) is 0 Å². The summed E-state index contributed by atoms with van der Waals surface area (Å²) in [5.41, 5.74) is 4.20. The van der Waals surface area contributed by atoms with Crippen molar-refractivity contribution in [2.75, 3.05) is 24.5 Å². The van der Waals surface area contributed by atoms with Gasteiger partial charge in [0, 0.05) is 25.3 Å². The van der Waals surface area contributed by atoms with E-state index in [9.17, 15) is 0 Å². The van der Waals surface area contributed by atoms with Gasteiger partial charge in [-0.2, -0.15) is 0 Å². The maximum Gasteiger partial charge on any atom is 0.0396 e. The number of hydrogen-bond donors (Lipinski definition) is 1. The Hall–Kier alpha value is -1.02. The number of benzene rings is 1. The molecule has 0 amide bonds. The molecule has 0 aromatic heterocycles. The van der Waals surface area contributed by atoms with E-state index in [-0.39, 0.29) is 0 Å². The third-order valence-corrected chi connectivity index (χ3v) is 3.34. The minimum Gasteiger partial charge on any atom is -0.371 e. The van der Waals surface area contributed by atoms with Crippen LogP contribution in [0, 0.1) is 6.92 Å². The van der Waals surface area contributed by atoms with Gasteiger partial charge in [0.15, 0.2) is 0 Å². The molecule has 0 fully saturated rings. The Labute approximate surface area is 119 Å². The molecule has 108 valence electrons. The summed E-state index contributed by atoms with van der Waals surface area (Å²) in [4.78, 5) is 2.51. The highest BCUT2D eigenvalue weighted by Crippen LogP contribution is 2.22. The zero-order valence-electron chi connectivity index (χ0n) is 13.1. The minimum absolute atomic E-state index is 0.983. The van der Waals surface area contributed by atoms with Crippen molar-refractivity contribution in [3.8, 4) is 0 Å². The summed E-state index contributed by atoms with van der Waals surface area (Å²) >= 11 is 0. The lowest BCUT2D eigenvalue weighted by molar-refractivity contribution is 0.675. The van der Waals surface area contributed by atoms with E-state index in [0.717, 1.165) is 26.2 Å². The van der Waals surface area contributed by atoms with Gasteiger partial charge in [-0.15, -0.1) is 0 Å². The molecule has 2 nitrogen and oxygen atoms in total. The SMILES string of the molecule is CCCNCc1ccc(N(CCC)CCC)c(C)c1. The van der Waals surface area contributed by atoms with Crippen LogP contribution in [-0.4, -0.2) is 19.6 Å². The van der Waals surface area contributed by atoms with Crippen LogP contribution in [-0.2, 0) is 6.54 Å². The second kappa shape index (κ2) is 8.98. The fourth-order valence-electron chi connectivity index (χ4n) is 2.48. The maximum absolute atomic E-state index is 3.46. The molecule has 0 saturated carbocycles. The van der Waals surface area contributed by atoms with E-state index < -0.39 is 0 Å². The molecule has 0 spiro atoms. The summed E-state index contributed by atoms with van der Waals surface area (Å²) in [6.45, 7) is 13.3. The Morgan fingerprint density at radius 1 is 1.00 bits per heavy atom. The third-order valence-electron chi connectivity index (χ3n) is 3.34. The predicted octanol–water partition coefficient (Wildman–Crippen LogP) is 4.12. The monoisotopic (exact) mass is 262 g/mol. The Bertz CT molecular complexity index is 354. The molecule has 0 unspecified atom stereocenters. The van der Waals surface area contributed by atoms with Gasteiger partial charge < -0.3 is 10.2 Å². The first-order valence-corrected chi connectivity index (χ1v) is 7.78. The van der Waals surface area contributed by atoms with Gasteiger partial charge in [0.1, 0.15) is 0 Å². The first-order chi connectivity index (χ1) is 9.22. The summed E-state index contributed by atoms with van der Waals surface area (Å²) in [6, 6.07) is 6.89.